The summed E-state index contributed by atoms with van der Waals surface area (Å²) in [4.78, 5) is 6.75. The summed E-state index contributed by atoms with van der Waals surface area (Å²) in [6.45, 7) is 5.40. The van der Waals surface area contributed by atoms with Gasteiger partial charge in [-0.25, -0.2) is 4.98 Å². The second-order valence-electron chi connectivity index (χ2n) is 5.64. The van der Waals surface area contributed by atoms with Crippen LogP contribution >= 0.6 is 0 Å². The molecule has 0 bridgehead atoms. The van der Waals surface area contributed by atoms with Crippen molar-refractivity contribution in [2.24, 2.45) is 0 Å². The van der Waals surface area contributed by atoms with Gasteiger partial charge in [0.15, 0.2) is 0 Å². The van der Waals surface area contributed by atoms with E-state index in [2.05, 4.69) is 16.0 Å². The first-order valence-electron chi connectivity index (χ1n) is 7.78. The predicted octanol–water partition coefficient (Wildman–Crippen LogP) is 1.86. The number of fused-ring (bicyclic) bond motifs is 1. The Kier molecular flexibility index (Phi) is 4.73. The number of pyridine rings is 1. The zero-order chi connectivity index (χ0) is 14.7. The molecule has 0 saturated carbocycles. The Bertz CT molecular complexity index is 469. The van der Waals surface area contributed by atoms with Gasteiger partial charge in [0.05, 0.1) is 13.2 Å². The molecule has 3 rings (SSSR count). The lowest BCUT2D eigenvalue weighted by atomic mass is 10.0. The van der Waals surface area contributed by atoms with Crippen molar-refractivity contribution in [3.8, 4) is 5.88 Å². The van der Waals surface area contributed by atoms with Crippen LogP contribution in [0.15, 0.2) is 18.3 Å². The third kappa shape index (κ3) is 3.05. The van der Waals surface area contributed by atoms with Crippen molar-refractivity contribution >= 4 is 0 Å². The van der Waals surface area contributed by atoms with Crippen molar-refractivity contribution in [1.82, 2.24) is 9.88 Å². The number of hydrogen-bond donors (Lipinski definition) is 0. The molecule has 3 heterocycles. The second kappa shape index (κ2) is 6.73. The lowest BCUT2D eigenvalue weighted by Crippen LogP contribution is -2.41. The molecule has 5 heteroatoms. The number of hydrogen-bond acceptors (Lipinski definition) is 5. The fraction of sp³-hybridized carbons (Fsp3) is 0.688. The van der Waals surface area contributed by atoms with Crippen LogP contribution in [-0.2, 0) is 16.0 Å². The van der Waals surface area contributed by atoms with E-state index >= 15 is 0 Å². The highest BCUT2D eigenvalue weighted by Crippen LogP contribution is 2.32. The minimum atomic E-state index is 0.183. The molecule has 0 aliphatic carbocycles. The first-order chi connectivity index (χ1) is 10.3. The summed E-state index contributed by atoms with van der Waals surface area (Å²) >= 11 is 0. The quantitative estimate of drug-likeness (QED) is 0.829. The molecule has 116 valence electrons. The van der Waals surface area contributed by atoms with Crippen molar-refractivity contribution in [2.75, 3.05) is 26.9 Å². The van der Waals surface area contributed by atoms with Crippen LogP contribution in [0.25, 0.3) is 0 Å². The third-order valence-electron chi connectivity index (χ3n) is 4.38. The lowest BCUT2D eigenvalue weighted by molar-refractivity contribution is -0.0749. The normalized spacial score (nSPS) is 29.3. The topological polar surface area (TPSA) is 43.8 Å². The van der Waals surface area contributed by atoms with Crippen molar-refractivity contribution in [3.05, 3.63) is 23.9 Å². The summed E-state index contributed by atoms with van der Waals surface area (Å²) < 4.78 is 17.2. The molecule has 1 aromatic heterocycles. The number of methoxy groups -OCH3 is 1. The fourth-order valence-electron chi connectivity index (χ4n) is 3.49. The predicted molar refractivity (Wildman–Crippen MR) is 79.4 cm³/mol. The number of rotatable bonds is 5. The van der Waals surface area contributed by atoms with E-state index in [9.17, 15) is 0 Å². The van der Waals surface area contributed by atoms with Gasteiger partial charge >= 0.3 is 0 Å². The van der Waals surface area contributed by atoms with Gasteiger partial charge in [-0.1, -0.05) is 6.07 Å². The van der Waals surface area contributed by atoms with Gasteiger partial charge in [0, 0.05) is 44.1 Å². The Morgan fingerprint density at radius 2 is 2.38 bits per heavy atom. The van der Waals surface area contributed by atoms with Crippen LogP contribution in [-0.4, -0.2) is 55.0 Å². The highest BCUT2D eigenvalue weighted by atomic mass is 16.5. The molecule has 5 nitrogen and oxygen atoms in total. The number of aromatic nitrogens is 1. The van der Waals surface area contributed by atoms with Gasteiger partial charge in [0.25, 0.3) is 0 Å². The SMILES string of the molecule is CCO[C@@H]1CN(Cc2cccnc2OC)[C@H]2CCCO[C@@H]12. The summed E-state index contributed by atoms with van der Waals surface area (Å²) in [6, 6.07) is 4.49. The Balaban J connectivity index is 1.75. The van der Waals surface area contributed by atoms with Gasteiger partial charge in [-0.15, -0.1) is 0 Å². The Morgan fingerprint density at radius 3 is 3.19 bits per heavy atom. The Labute approximate surface area is 126 Å². The van der Waals surface area contributed by atoms with Gasteiger partial charge in [-0.05, 0) is 25.8 Å². The molecular weight excluding hydrogens is 268 g/mol. The van der Waals surface area contributed by atoms with E-state index in [0.717, 1.165) is 38.3 Å². The molecule has 2 fully saturated rings. The molecule has 2 aliphatic heterocycles. The van der Waals surface area contributed by atoms with Gasteiger partial charge in [0.2, 0.25) is 5.88 Å². The minimum absolute atomic E-state index is 0.183. The van der Waals surface area contributed by atoms with E-state index in [1.807, 2.05) is 13.0 Å². The Morgan fingerprint density at radius 1 is 1.48 bits per heavy atom. The maximum Gasteiger partial charge on any atom is 0.217 e. The maximum atomic E-state index is 5.98. The van der Waals surface area contributed by atoms with Crippen LogP contribution < -0.4 is 4.74 Å². The first-order valence-corrected chi connectivity index (χ1v) is 7.78. The van der Waals surface area contributed by atoms with E-state index in [1.54, 1.807) is 13.3 Å². The monoisotopic (exact) mass is 292 g/mol. The van der Waals surface area contributed by atoms with E-state index in [4.69, 9.17) is 14.2 Å². The molecule has 2 aliphatic rings. The third-order valence-corrected chi connectivity index (χ3v) is 4.38. The van der Waals surface area contributed by atoms with E-state index < -0.39 is 0 Å². The summed E-state index contributed by atoms with van der Waals surface area (Å²) in [5.74, 6) is 0.714. The van der Waals surface area contributed by atoms with Gasteiger partial charge < -0.3 is 14.2 Å². The van der Waals surface area contributed by atoms with Crippen LogP contribution in [0.4, 0.5) is 0 Å². The largest absolute Gasteiger partial charge is 0.481 e. The molecule has 2 saturated heterocycles. The molecule has 0 amide bonds. The maximum absolute atomic E-state index is 5.98. The Hall–Kier alpha value is -1.17. The van der Waals surface area contributed by atoms with E-state index in [0.29, 0.717) is 11.9 Å². The molecule has 0 unspecified atom stereocenters. The zero-order valence-electron chi connectivity index (χ0n) is 12.8. The van der Waals surface area contributed by atoms with E-state index in [1.165, 1.54) is 6.42 Å². The number of nitrogens with zero attached hydrogens (tertiary/aromatic N) is 2. The fourth-order valence-corrected chi connectivity index (χ4v) is 3.49. The molecule has 0 N–H and O–H groups in total. The first kappa shape index (κ1) is 14.8. The van der Waals surface area contributed by atoms with Crippen LogP contribution in [0.2, 0.25) is 0 Å². The number of ether oxygens (including phenoxy) is 3. The molecule has 1 aromatic rings. The van der Waals surface area contributed by atoms with Gasteiger partial charge in [0.1, 0.15) is 6.10 Å². The average molecular weight is 292 g/mol. The number of likely N-dealkylation sites (tertiary alicyclic amines) is 1. The summed E-state index contributed by atoms with van der Waals surface area (Å²) in [7, 11) is 1.67. The summed E-state index contributed by atoms with van der Waals surface area (Å²) in [5.41, 5.74) is 1.13. The second-order valence-corrected chi connectivity index (χ2v) is 5.64. The smallest absolute Gasteiger partial charge is 0.217 e. The molecule has 0 aromatic carbocycles. The van der Waals surface area contributed by atoms with Crippen LogP contribution in [0.5, 0.6) is 5.88 Å². The molecule has 0 radical (unpaired) electrons. The van der Waals surface area contributed by atoms with Crippen molar-refractivity contribution in [1.29, 1.82) is 0 Å². The van der Waals surface area contributed by atoms with Gasteiger partial charge in [-0.2, -0.15) is 0 Å². The summed E-state index contributed by atoms with van der Waals surface area (Å²) in [6.07, 6.45) is 4.46. The average Bonchev–Trinajstić information content (AvgIpc) is 2.87. The lowest BCUT2D eigenvalue weighted by Gasteiger charge is -2.32. The molecule has 3 atom stereocenters. The highest BCUT2D eigenvalue weighted by Gasteiger charge is 2.44. The molecule has 0 spiro atoms. The van der Waals surface area contributed by atoms with Gasteiger partial charge in [-0.3, -0.25) is 4.90 Å². The summed E-state index contributed by atoms with van der Waals surface area (Å²) in [5, 5.41) is 0. The van der Waals surface area contributed by atoms with Crippen LogP contribution in [0.3, 0.4) is 0 Å². The molecule has 21 heavy (non-hydrogen) atoms. The molecular formula is C16H24N2O3. The van der Waals surface area contributed by atoms with Crippen LogP contribution in [0.1, 0.15) is 25.3 Å². The standard InChI is InChI=1S/C16H24N2O3/c1-3-20-14-11-18(13-7-5-9-21-15(13)14)10-12-6-4-8-17-16(12)19-2/h4,6,8,13-15H,3,5,7,9-11H2,1-2H3/t13-,14+,15+/m0/s1. The van der Waals surface area contributed by atoms with Crippen molar-refractivity contribution < 1.29 is 14.2 Å². The minimum Gasteiger partial charge on any atom is -0.481 e. The zero-order valence-corrected chi connectivity index (χ0v) is 12.8. The van der Waals surface area contributed by atoms with Crippen LogP contribution in [0, 0.1) is 0 Å². The van der Waals surface area contributed by atoms with E-state index in [-0.39, 0.29) is 12.2 Å². The van der Waals surface area contributed by atoms with Crippen molar-refractivity contribution in [3.63, 3.8) is 0 Å². The van der Waals surface area contributed by atoms with Crippen molar-refractivity contribution in [2.45, 2.75) is 44.6 Å². The highest BCUT2D eigenvalue weighted by molar-refractivity contribution is 5.25.